The number of ether oxygens (including phenoxy) is 2. The molecule has 0 spiro atoms. The Kier molecular flexibility index (Phi) is 5.86. The standard InChI is InChI=1S/C21H19NO6/c1-13(23)22-15-9-7-14(8-10-15)18(24)12-27-21(25)20-17(11-26-2)16-5-3-4-6-19(16)28-20/h3-10H,11-12H2,1-2H3,(H,22,23). The van der Waals surface area contributed by atoms with Gasteiger partial charge in [0.05, 0.1) is 6.61 Å². The number of fused-ring (bicyclic) bond motifs is 1. The summed E-state index contributed by atoms with van der Waals surface area (Å²) < 4.78 is 15.9. The lowest BCUT2D eigenvalue weighted by Crippen LogP contribution is -2.15. The van der Waals surface area contributed by atoms with Gasteiger partial charge < -0.3 is 19.2 Å². The predicted molar refractivity (Wildman–Crippen MR) is 102 cm³/mol. The zero-order valence-corrected chi connectivity index (χ0v) is 15.5. The zero-order chi connectivity index (χ0) is 20.1. The third kappa shape index (κ3) is 4.27. The molecule has 0 aliphatic rings. The van der Waals surface area contributed by atoms with Crippen LogP contribution in [0.4, 0.5) is 5.69 Å². The van der Waals surface area contributed by atoms with Gasteiger partial charge in [-0.2, -0.15) is 0 Å². The summed E-state index contributed by atoms with van der Waals surface area (Å²) in [4.78, 5) is 35.8. The summed E-state index contributed by atoms with van der Waals surface area (Å²) in [6, 6.07) is 13.5. The Hall–Kier alpha value is -3.45. The number of para-hydroxylation sites is 1. The molecule has 0 saturated heterocycles. The summed E-state index contributed by atoms with van der Waals surface area (Å²) in [5.41, 5.74) is 2.06. The van der Waals surface area contributed by atoms with Gasteiger partial charge >= 0.3 is 5.97 Å². The number of hydrogen-bond donors (Lipinski definition) is 1. The molecule has 3 aromatic rings. The number of rotatable bonds is 7. The van der Waals surface area contributed by atoms with E-state index in [-0.39, 0.29) is 24.1 Å². The maximum Gasteiger partial charge on any atom is 0.375 e. The second-order valence-electron chi connectivity index (χ2n) is 6.10. The van der Waals surface area contributed by atoms with Gasteiger partial charge in [-0.1, -0.05) is 18.2 Å². The van der Waals surface area contributed by atoms with Crippen molar-refractivity contribution < 1.29 is 28.3 Å². The van der Waals surface area contributed by atoms with Crippen molar-refractivity contribution in [2.75, 3.05) is 19.0 Å². The molecular formula is C21H19NO6. The summed E-state index contributed by atoms with van der Waals surface area (Å²) in [5.74, 6) is -1.28. The van der Waals surface area contributed by atoms with Gasteiger partial charge in [0.15, 0.2) is 12.4 Å². The first kappa shape index (κ1) is 19.3. The number of carbonyl (C=O) groups excluding carboxylic acids is 3. The molecule has 0 unspecified atom stereocenters. The number of ketones is 1. The minimum absolute atomic E-state index is 0.0249. The van der Waals surface area contributed by atoms with Crippen molar-refractivity contribution in [2.24, 2.45) is 0 Å². The number of amides is 1. The molecule has 0 bridgehead atoms. The lowest BCUT2D eigenvalue weighted by Gasteiger charge is -2.06. The van der Waals surface area contributed by atoms with E-state index in [0.29, 0.717) is 22.4 Å². The third-order valence-corrected chi connectivity index (χ3v) is 4.03. The Bertz CT molecular complexity index is 1020. The molecule has 2 aromatic carbocycles. The molecule has 0 radical (unpaired) electrons. The first-order chi connectivity index (χ1) is 13.5. The molecule has 1 heterocycles. The highest BCUT2D eigenvalue weighted by molar-refractivity contribution is 6.01. The Morgan fingerprint density at radius 2 is 1.75 bits per heavy atom. The molecule has 0 atom stereocenters. The van der Waals surface area contributed by atoms with E-state index in [9.17, 15) is 14.4 Å². The van der Waals surface area contributed by atoms with E-state index in [0.717, 1.165) is 5.39 Å². The number of methoxy groups -OCH3 is 1. The van der Waals surface area contributed by atoms with Crippen LogP contribution in [-0.2, 0) is 20.9 Å². The van der Waals surface area contributed by atoms with E-state index >= 15 is 0 Å². The van der Waals surface area contributed by atoms with Gasteiger partial charge in [0, 0.05) is 36.2 Å². The monoisotopic (exact) mass is 381 g/mol. The summed E-state index contributed by atoms with van der Waals surface area (Å²) in [6.07, 6.45) is 0. The van der Waals surface area contributed by atoms with Crippen molar-refractivity contribution in [3.05, 3.63) is 65.4 Å². The maximum atomic E-state index is 12.4. The Morgan fingerprint density at radius 3 is 2.43 bits per heavy atom. The molecule has 1 aromatic heterocycles. The topological polar surface area (TPSA) is 94.8 Å². The minimum atomic E-state index is -0.730. The second-order valence-corrected chi connectivity index (χ2v) is 6.10. The van der Waals surface area contributed by atoms with Crippen LogP contribution in [0.2, 0.25) is 0 Å². The molecule has 144 valence electrons. The number of benzene rings is 2. The average Bonchev–Trinajstić information content (AvgIpc) is 3.05. The van der Waals surface area contributed by atoms with E-state index in [1.54, 1.807) is 36.4 Å². The fourth-order valence-electron chi connectivity index (χ4n) is 2.77. The quantitative estimate of drug-likeness (QED) is 0.497. The van der Waals surface area contributed by atoms with Gasteiger partial charge in [0.1, 0.15) is 5.58 Å². The first-order valence-corrected chi connectivity index (χ1v) is 8.57. The molecule has 0 aliphatic carbocycles. The number of Topliss-reactive ketones (excluding diaryl/α,β-unsaturated/α-hetero) is 1. The molecule has 0 saturated carbocycles. The van der Waals surface area contributed by atoms with Gasteiger partial charge in [0.2, 0.25) is 11.7 Å². The number of esters is 1. The molecule has 0 fully saturated rings. The summed E-state index contributed by atoms with van der Waals surface area (Å²) in [5, 5.41) is 3.37. The van der Waals surface area contributed by atoms with E-state index in [2.05, 4.69) is 5.32 Å². The van der Waals surface area contributed by atoms with E-state index in [1.807, 2.05) is 12.1 Å². The highest BCUT2D eigenvalue weighted by Gasteiger charge is 2.22. The lowest BCUT2D eigenvalue weighted by molar-refractivity contribution is -0.114. The van der Waals surface area contributed by atoms with E-state index in [1.165, 1.54) is 14.0 Å². The lowest BCUT2D eigenvalue weighted by atomic mass is 10.1. The normalized spacial score (nSPS) is 10.6. The number of nitrogens with one attached hydrogen (secondary N) is 1. The number of carbonyl (C=O) groups is 3. The Morgan fingerprint density at radius 1 is 1.04 bits per heavy atom. The number of anilines is 1. The van der Waals surface area contributed by atoms with Gasteiger partial charge in [0.25, 0.3) is 0 Å². The van der Waals surface area contributed by atoms with Crippen LogP contribution < -0.4 is 5.32 Å². The number of hydrogen-bond acceptors (Lipinski definition) is 6. The van der Waals surface area contributed by atoms with Crippen molar-refractivity contribution in [1.82, 2.24) is 0 Å². The van der Waals surface area contributed by atoms with Crippen LogP contribution in [0.25, 0.3) is 11.0 Å². The Balaban J connectivity index is 1.70. The van der Waals surface area contributed by atoms with Crippen LogP contribution in [0.1, 0.15) is 33.4 Å². The van der Waals surface area contributed by atoms with Crippen LogP contribution >= 0.6 is 0 Å². The second kappa shape index (κ2) is 8.49. The van der Waals surface area contributed by atoms with Crippen molar-refractivity contribution in [3.63, 3.8) is 0 Å². The van der Waals surface area contributed by atoms with Crippen molar-refractivity contribution in [2.45, 2.75) is 13.5 Å². The molecule has 1 amide bonds. The Labute approximate surface area is 161 Å². The van der Waals surface area contributed by atoms with Gasteiger partial charge in [-0.05, 0) is 30.3 Å². The molecular weight excluding hydrogens is 362 g/mol. The summed E-state index contributed by atoms with van der Waals surface area (Å²) in [7, 11) is 1.52. The predicted octanol–water partition coefficient (Wildman–Crippen LogP) is 3.58. The smallest absolute Gasteiger partial charge is 0.375 e. The van der Waals surface area contributed by atoms with Crippen LogP contribution in [0.15, 0.2) is 52.9 Å². The first-order valence-electron chi connectivity index (χ1n) is 8.57. The molecule has 7 nitrogen and oxygen atoms in total. The van der Waals surface area contributed by atoms with Crippen LogP contribution in [0.5, 0.6) is 0 Å². The summed E-state index contributed by atoms with van der Waals surface area (Å²) in [6.45, 7) is 1.15. The largest absolute Gasteiger partial charge is 0.451 e. The van der Waals surface area contributed by atoms with Gasteiger partial charge in [-0.15, -0.1) is 0 Å². The fourth-order valence-corrected chi connectivity index (χ4v) is 2.77. The van der Waals surface area contributed by atoms with Gasteiger partial charge in [-0.3, -0.25) is 9.59 Å². The molecule has 0 aliphatic heterocycles. The van der Waals surface area contributed by atoms with Crippen LogP contribution in [0.3, 0.4) is 0 Å². The maximum absolute atomic E-state index is 12.4. The van der Waals surface area contributed by atoms with Crippen LogP contribution in [0, 0.1) is 0 Å². The molecule has 1 N–H and O–H groups in total. The van der Waals surface area contributed by atoms with E-state index in [4.69, 9.17) is 13.9 Å². The minimum Gasteiger partial charge on any atom is -0.451 e. The fraction of sp³-hybridized carbons (Fsp3) is 0.190. The van der Waals surface area contributed by atoms with Crippen molar-refractivity contribution >= 4 is 34.3 Å². The summed E-state index contributed by atoms with van der Waals surface area (Å²) >= 11 is 0. The van der Waals surface area contributed by atoms with Crippen molar-refractivity contribution in [1.29, 1.82) is 0 Å². The SMILES string of the molecule is COCc1c(C(=O)OCC(=O)c2ccc(NC(C)=O)cc2)oc2ccccc12. The van der Waals surface area contributed by atoms with E-state index < -0.39 is 12.6 Å². The van der Waals surface area contributed by atoms with Gasteiger partial charge in [-0.25, -0.2) is 4.79 Å². The third-order valence-electron chi connectivity index (χ3n) is 4.03. The van der Waals surface area contributed by atoms with Crippen LogP contribution in [-0.4, -0.2) is 31.4 Å². The highest BCUT2D eigenvalue weighted by Crippen LogP contribution is 2.27. The average molecular weight is 381 g/mol. The highest BCUT2D eigenvalue weighted by atomic mass is 16.5. The molecule has 3 rings (SSSR count). The molecule has 7 heteroatoms. The molecule has 28 heavy (non-hydrogen) atoms. The number of furan rings is 1. The zero-order valence-electron chi connectivity index (χ0n) is 15.5. The van der Waals surface area contributed by atoms with Crippen molar-refractivity contribution in [3.8, 4) is 0 Å².